The first-order chi connectivity index (χ1) is 17.2. The van der Waals surface area contributed by atoms with Gasteiger partial charge in [-0.15, -0.1) is 0 Å². The highest BCUT2D eigenvalue weighted by Crippen LogP contribution is 2.38. The zero-order chi connectivity index (χ0) is 25.7. The Morgan fingerprint density at radius 3 is 2.44 bits per heavy atom. The highest BCUT2D eigenvalue weighted by Gasteiger charge is 2.37. The molecule has 0 radical (unpaired) electrons. The lowest BCUT2D eigenvalue weighted by Gasteiger charge is -2.40. The van der Waals surface area contributed by atoms with E-state index in [0.717, 1.165) is 22.8 Å². The van der Waals surface area contributed by atoms with Gasteiger partial charge in [-0.05, 0) is 76.5 Å². The molecule has 1 aliphatic rings. The summed E-state index contributed by atoms with van der Waals surface area (Å²) in [6.07, 6.45) is 1.08. The molecule has 0 spiro atoms. The number of aliphatic hydroxyl groups is 1. The van der Waals surface area contributed by atoms with Crippen LogP contribution in [0.2, 0.25) is 0 Å². The first-order valence-corrected chi connectivity index (χ1v) is 13.0. The molecule has 3 N–H and O–H groups in total. The van der Waals surface area contributed by atoms with Crippen LogP contribution in [0.1, 0.15) is 43.7 Å². The Morgan fingerprint density at radius 2 is 1.81 bits per heavy atom. The molecule has 1 heterocycles. The van der Waals surface area contributed by atoms with Crippen LogP contribution in [0.3, 0.4) is 0 Å². The second-order valence-corrected chi connectivity index (χ2v) is 10.2. The van der Waals surface area contributed by atoms with E-state index in [2.05, 4.69) is 28.1 Å². The first-order valence-electron chi connectivity index (χ1n) is 12.0. The molecule has 2 unspecified atom stereocenters. The van der Waals surface area contributed by atoms with Crippen molar-refractivity contribution in [2.45, 2.75) is 56.7 Å². The van der Waals surface area contributed by atoms with Crippen LogP contribution in [0.15, 0.2) is 59.3 Å². The summed E-state index contributed by atoms with van der Waals surface area (Å²) >= 11 is 1.62. The fraction of sp³-hybridized carbons (Fsp3) is 0.357. The topological polar surface area (TPSA) is 78.4 Å². The van der Waals surface area contributed by atoms with E-state index in [9.17, 15) is 23.5 Å². The highest BCUT2D eigenvalue weighted by atomic mass is 32.1. The van der Waals surface area contributed by atoms with Gasteiger partial charge in [-0.1, -0.05) is 18.2 Å². The second-order valence-electron chi connectivity index (χ2n) is 9.45. The van der Waals surface area contributed by atoms with Crippen LogP contribution >= 0.6 is 11.3 Å². The van der Waals surface area contributed by atoms with E-state index in [-0.39, 0.29) is 24.7 Å². The largest absolute Gasteiger partial charge is 0.390 e. The van der Waals surface area contributed by atoms with Gasteiger partial charge in [0, 0.05) is 37.9 Å². The van der Waals surface area contributed by atoms with E-state index in [4.69, 9.17) is 0 Å². The predicted molar refractivity (Wildman–Crippen MR) is 137 cm³/mol. The fourth-order valence-corrected chi connectivity index (χ4v) is 5.58. The number of hydrogen-bond acceptors (Lipinski definition) is 5. The molecule has 2 aromatic carbocycles. The zero-order valence-corrected chi connectivity index (χ0v) is 20.9. The standard InChI is InChI=1S/C28H30F2N2O3S/c1-18(33)32-26(13-19-11-23(29)15-24(30)12-19)27(35)16-31-28(8-5-25(34)6-9-28)22-4-2-3-20(14-22)21-7-10-36-17-21/h2-4,7,10-12,14-15,17,26-27,31,35H,5-6,8-9,13,16H2,1H3,(H,32,33). The molecule has 1 saturated carbocycles. The lowest BCUT2D eigenvalue weighted by Crippen LogP contribution is -2.53. The Bertz CT molecular complexity index is 1190. The minimum atomic E-state index is -1.03. The van der Waals surface area contributed by atoms with Crippen molar-refractivity contribution < 1.29 is 23.5 Å². The number of amides is 1. The molecule has 0 bridgehead atoms. The Balaban J connectivity index is 1.55. The maximum absolute atomic E-state index is 13.7. The molecule has 4 rings (SSSR count). The maximum atomic E-state index is 13.7. The average molecular weight is 513 g/mol. The summed E-state index contributed by atoms with van der Waals surface area (Å²) in [5.41, 5.74) is 3.06. The van der Waals surface area contributed by atoms with Gasteiger partial charge in [0.2, 0.25) is 5.91 Å². The van der Waals surface area contributed by atoms with Crippen LogP contribution in [0, 0.1) is 11.6 Å². The number of hydrogen-bond donors (Lipinski definition) is 3. The summed E-state index contributed by atoms with van der Waals surface area (Å²) in [5, 5.41) is 21.4. The Labute approximate surface area is 213 Å². The number of carbonyl (C=O) groups is 2. The van der Waals surface area contributed by atoms with Gasteiger partial charge >= 0.3 is 0 Å². The summed E-state index contributed by atoms with van der Waals surface area (Å²) in [4.78, 5) is 23.9. The molecule has 2 atom stereocenters. The lowest BCUT2D eigenvalue weighted by atomic mass is 9.75. The summed E-state index contributed by atoms with van der Waals surface area (Å²) in [6.45, 7) is 1.46. The number of halogens is 2. The van der Waals surface area contributed by atoms with Crippen molar-refractivity contribution in [3.8, 4) is 11.1 Å². The Hall–Kier alpha value is -2.94. The van der Waals surface area contributed by atoms with Gasteiger partial charge in [0.25, 0.3) is 0 Å². The molecule has 36 heavy (non-hydrogen) atoms. The highest BCUT2D eigenvalue weighted by molar-refractivity contribution is 7.08. The first kappa shape index (κ1) is 26.1. The van der Waals surface area contributed by atoms with Crippen LogP contribution in [-0.2, 0) is 21.5 Å². The van der Waals surface area contributed by atoms with Crippen LogP contribution in [0.4, 0.5) is 8.78 Å². The Morgan fingerprint density at radius 1 is 1.08 bits per heavy atom. The molecule has 1 amide bonds. The van der Waals surface area contributed by atoms with Crippen molar-refractivity contribution in [3.05, 3.63) is 82.1 Å². The smallest absolute Gasteiger partial charge is 0.217 e. The van der Waals surface area contributed by atoms with Gasteiger partial charge in [-0.2, -0.15) is 11.3 Å². The number of benzene rings is 2. The van der Waals surface area contributed by atoms with Crippen LogP contribution in [0.5, 0.6) is 0 Å². The SMILES string of the molecule is CC(=O)NC(Cc1cc(F)cc(F)c1)C(O)CNC1(c2cccc(-c3ccsc3)c2)CCC(=O)CC1. The third-order valence-corrected chi connectivity index (χ3v) is 7.49. The second kappa shape index (κ2) is 11.4. The third-order valence-electron chi connectivity index (χ3n) is 6.81. The number of ketones is 1. The van der Waals surface area contributed by atoms with Crippen molar-refractivity contribution in [1.82, 2.24) is 10.6 Å². The van der Waals surface area contributed by atoms with E-state index in [1.807, 2.05) is 23.6 Å². The van der Waals surface area contributed by atoms with Crippen LogP contribution < -0.4 is 10.6 Å². The van der Waals surface area contributed by atoms with E-state index in [0.29, 0.717) is 31.2 Å². The zero-order valence-electron chi connectivity index (χ0n) is 20.1. The van der Waals surface area contributed by atoms with Crippen molar-refractivity contribution in [1.29, 1.82) is 0 Å². The molecule has 0 saturated heterocycles. The van der Waals surface area contributed by atoms with Gasteiger partial charge in [-0.3, -0.25) is 9.59 Å². The normalized spacial score (nSPS) is 16.9. The van der Waals surface area contributed by atoms with E-state index >= 15 is 0 Å². The molecule has 190 valence electrons. The maximum Gasteiger partial charge on any atom is 0.217 e. The van der Waals surface area contributed by atoms with Crippen LogP contribution in [-0.4, -0.2) is 35.5 Å². The molecular formula is C28H30F2N2O3S. The minimum Gasteiger partial charge on any atom is -0.390 e. The Kier molecular flexibility index (Phi) is 8.28. The minimum absolute atomic E-state index is 0.0657. The molecule has 0 aliphatic heterocycles. The van der Waals surface area contributed by atoms with Crippen LogP contribution in [0.25, 0.3) is 11.1 Å². The van der Waals surface area contributed by atoms with Crippen molar-refractivity contribution in [2.75, 3.05) is 6.54 Å². The molecule has 1 aliphatic carbocycles. The number of thiophene rings is 1. The van der Waals surface area contributed by atoms with Crippen molar-refractivity contribution >= 4 is 23.0 Å². The summed E-state index contributed by atoms with van der Waals surface area (Å²) < 4.78 is 27.4. The summed E-state index contributed by atoms with van der Waals surface area (Å²) in [6, 6.07) is 12.7. The molecule has 1 fully saturated rings. The van der Waals surface area contributed by atoms with E-state index < -0.39 is 29.3 Å². The molecule has 8 heteroatoms. The van der Waals surface area contributed by atoms with E-state index in [1.54, 1.807) is 11.3 Å². The van der Waals surface area contributed by atoms with Gasteiger partial charge in [0.05, 0.1) is 12.1 Å². The van der Waals surface area contributed by atoms with Gasteiger partial charge < -0.3 is 15.7 Å². The number of nitrogens with one attached hydrogen (secondary N) is 2. The van der Waals surface area contributed by atoms with Gasteiger partial charge in [0.1, 0.15) is 17.4 Å². The quantitative estimate of drug-likeness (QED) is 0.387. The average Bonchev–Trinajstić information content (AvgIpc) is 3.38. The number of rotatable bonds is 9. The monoisotopic (exact) mass is 512 g/mol. The molecular weight excluding hydrogens is 482 g/mol. The summed E-state index contributed by atoms with van der Waals surface area (Å²) in [7, 11) is 0. The molecule has 1 aromatic heterocycles. The summed E-state index contributed by atoms with van der Waals surface area (Å²) in [5.74, 6) is -1.56. The fourth-order valence-electron chi connectivity index (χ4n) is 4.92. The predicted octanol–water partition coefficient (Wildman–Crippen LogP) is 4.73. The lowest BCUT2D eigenvalue weighted by molar-refractivity contribution is -0.122. The third kappa shape index (κ3) is 6.43. The van der Waals surface area contributed by atoms with Gasteiger partial charge in [0.15, 0.2) is 0 Å². The number of Topliss-reactive ketones (excluding diaryl/α,β-unsaturated/α-hetero) is 1. The molecule has 5 nitrogen and oxygen atoms in total. The van der Waals surface area contributed by atoms with Crippen molar-refractivity contribution in [3.63, 3.8) is 0 Å². The van der Waals surface area contributed by atoms with Gasteiger partial charge in [-0.25, -0.2) is 8.78 Å². The van der Waals surface area contributed by atoms with E-state index in [1.165, 1.54) is 19.1 Å². The number of carbonyl (C=O) groups excluding carboxylic acids is 2. The van der Waals surface area contributed by atoms with Crippen molar-refractivity contribution in [2.24, 2.45) is 0 Å². The number of aliphatic hydroxyl groups excluding tert-OH is 1. The molecule has 3 aromatic rings.